The molecule has 0 spiro atoms. The fraction of sp³-hybridized carbons (Fsp3) is 0.389. The van der Waals surface area contributed by atoms with Gasteiger partial charge in [-0.15, -0.1) is 0 Å². The zero-order valence-electron chi connectivity index (χ0n) is 13.8. The molecule has 1 fully saturated rings. The van der Waals surface area contributed by atoms with E-state index >= 15 is 0 Å². The Labute approximate surface area is 140 Å². The molecule has 1 saturated heterocycles. The molecule has 0 aliphatic carbocycles. The van der Waals surface area contributed by atoms with Crippen LogP contribution >= 0.6 is 0 Å². The summed E-state index contributed by atoms with van der Waals surface area (Å²) in [5, 5.41) is 4.35. The molecule has 3 aromatic heterocycles. The fourth-order valence-corrected chi connectivity index (χ4v) is 3.47. The van der Waals surface area contributed by atoms with Gasteiger partial charge in [0.15, 0.2) is 0 Å². The predicted molar refractivity (Wildman–Crippen MR) is 90.6 cm³/mol. The number of pyridine rings is 1. The van der Waals surface area contributed by atoms with Crippen LogP contribution in [-0.2, 0) is 17.8 Å². The SMILES string of the molecule is Cc1cnn(C[C@@H]2CCCN2C(=O)Cc2cn3ccccc3n2)c1. The Morgan fingerprint density at radius 1 is 1.33 bits per heavy atom. The number of nitrogens with zero attached hydrogens (tertiary/aromatic N) is 5. The van der Waals surface area contributed by atoms with Gasteiger partial charge in [0.1, 0.15) is 5.65 Å². The molecule has 0 unspecified atom stereocenters. The first-order chi connectivity index (χ1) is 11.7. The maximum absolute atomic E-state index is 12.7. The molecular weight excluding hydrogens is 302 g/mol. The largest absolute Gasteiger partial charge is 0.338 e. The number of rotatable bonds is 4. The van der Waals surface area contributed by atoms with Crippen molar-refractivity contribution in [1.29, 1.82) is 0 Å². The Balaban J connectivity index is 1.46. The highest BCUT2D eigenvalue weighted by atomic mass is 16.2. The van der Waals surface area contributed by atoms with Crippen molar-refractivity contribution in [3.8, 4) is 0 Å². The average molecular weight is 323 g/mol. The Morgan fingerprint density at radius 3 is 3.04 bits per heavy atom. The van der Waals surface area contributed by atoms with Gasteiger partial charge in [-0.2, -0.15) is 5.10 Å². The molecule has 4 rings (SSSR count). The molecule has 1 aliphatic rings. The summed E-state index contributed by atoms with van der Waals surface area (Å²) < 4.78 is 3.90. The van der Waals surface area contributed by atoms with E-state index in [0.29, 0.717) is 6.42 Å². The van der Waals surface area contributed by atoms with E-state index in [1.807, 2.05) is 63.9 Å². The highest BCUT2D eigenvalue weighted by molar-refractivity contribution is 5.79. The van der Waals surface area contributed by atoms with Crippen LogP contribution in [-0.4, -0.2) is 42.6 Å². The van der Waals surface area contributed by atoms with E-state index in [1.165, 1.54) is 0 Å². The minimum absolute atomic E-state index is 0.157. The Kier molecular flexibility index (Phi) is 3.80. The van der Waals surface area contributed by atoms with Crippen LogP contribution in [0.5, 0.6) is 0 Å². The molecule has 124 valence electrons. The van der Waals surface area contributed by atoms with Crippen LogP contribution in [0.4, 0.5) is 0 Å². The maximum atomic E-state index is 12.7. The third kappa shape index (κ3) is 2.91. The van der Waals surface area contributed by atoms with Crippen molar-refractivity contribution in [1.82, 2.24) is 24.1 Å². The van der Waals surface area contributed by atoms with E-state index in [1.54, 1.807) is 0 Å². The summed E-state index contributed by atoms with van der Waals surface area (Å²) in [4.78, 5) is 19.3. The molecular formula is C18H21N5O. The Morgan fingerprint density at radius 2 is 2.25 bits per heavy atom. The van der Waals surface area contributed by atoms with E-state index in [0.717, 1.165) is 42.8 Å². The number of amides is 1. The van der Waals surface area contributed by atoms with Crippen molar-refractivity contribution in [3.05, 3.63) is 54.2 Å². The molecule has 4 heterocycles. The van der Waals surface area contributed by atoms with Crippen LogP contribution in [0.1, 0.15) is 24.1 Å². The van der Waals surface area contributed by atoms with Crippen LogP contribution in [0, 0.1) is 6.92 Å². The van der Waals surface area contributed by atoms with Gasteiger partial charge < -0.3 is 9.30 Å². The number of hydrogen-bond donors (Lipinski definition) is 0. The normalized spacial score (nSPS) is 17.7. The first kappa shape index (κ1) is 14.9. The number of aryl methyl sites for hydroxylation is 1. The van der Waals surface area contributed by atoms with Crippen molar-refractivity contribution in [2.24, 2.45) is 0 Å². The van der Waals surface area contributed by atoms with Gasteiger partial charge in [0.05, 0.1) is 30.9 Å². The number of imidazole rings is 1. The van der Waals surface area contributed by atoms with Crippen molar-refractivity contribution < 1.29 is 4.79 Å². The maximum Gasteiger partial charge on any atom is 0.228 e. The molecule has 6 heteroatoms. The second-order valence-electron chi connectivity index (χ2n) is 6.50. The lowest BCUT2D eigenvalue weighted by Gasteiger charge is -2.24. The number of likely N-dealkylation sites (tertiary alicyclic amines) is 1. The lowest BCUT2D eigenvalue weighted by Crippen LogP contribution is -2.39. The summed E-state index contributed by atoms with van der Waals surface area (Å²) in [6.45, 7) is 3.63. The van der Waals surface area contributed by atoms with Gasteiger partial charge in [-0.05, 0) is 37.5 Å². The first-order valence-corrected chi connectivity index (χ1v) is 8.40. The molecule has 0 aromatic carbocycles. The van der Waals surface area contributed by atoms with Gasteiger partial charge in [0.2, 0.25) is 5.91 Å². The number of aromatic nitrogens is 4. The molecule has 0 radical (unpaired) electrons. The van der Waals surface area contributed by atoms with Crippen molar-refractivity contribution >= 4 is 11.6 Å². The highest BCUT2D eigenvalue weighted by Gasteiger charge is 2.29. The van der Waals surface area contributed by atoms with Crippen LogP contribution in [0.2, 0.25) is 0 Å². The highest BCUT2D eigenvalue weighted by Crippen LogP contribution is 2.20. The smallest absolute Gasteiger partial charge is 0.228 e. The fourth-order valence-electron chi connectivity index (χ4n) is 3.47. The average Bonchev–Trinajstić information content (AvgIpc) is 3.27. The molecule has 24 heavy (non-hydrogen) atoms. The zero-order chi connectivity index (χ0) is 16.5. The minimum Gasteiger partial charge on any atom is -0.338 e. The summed E-state index contributed by atoms with van der Waals surface area (Å²) in [6, 6.07) is 6.10. The summed E-state index contributed by atoms with van der Waals surface area (Å²) >= 11 is 0. The number of carbonyl (C=O) groups excluding carboxylic acids is 1. The van der Waals surface area contributed by atoms with Crippen molar-refractivity contribution in [3.63, 3.8) is 0 Å². The molecule has 1 amide bonds. The number of carbonyl (C=O) groups is 1. The minimum atomic E-state index is 0.157. The van der Waals surface area contributed by atoms with Gasteiger partial charge in [-0.3, -0.25) is 9.48 Å². The van der Waals surface area contributed by atoms with Gasteiger partial charge in [-0.1, -0.05) is 6.07 Å². The summed E-state index contributed by atoms with van der Waals surface area (Å²) in [5.74, 6) is 0.157. The Hall–Kier alpha value is -2.63. The number of hydrogen-bond acceptors (Lipinski definition) is 3. The second-order valence-corrected chi connectivity index (χ2v) is 6.50. The first-order valence-electron chi connectivity index (χ1n) is 8.40. The molecule has 0 saturated carbocycles. The predicted octanol–water partition coefficient (Wildman–Crippen LogP) is 2.07. The monoisotopic (exact) mass is 323 g/mol. The zero-order valence-corrected chi connectivity index (χ0v) is 13.8. The molecule has 3 aromatic rings. The quantitative estimate of drug-likeness (QED) is 0.738. The van der Waals surface area contributed by atoms with Gasteiger partial charge in [0.25, 0.3) is 0 Å². The summed E-state index contributed by atoms with van der Waals surface area (Å²) in [5.41, 5.74) is 2.85. The van der Waals surface area contributed by atoms with Crippen LogP contribution in [0.25, 0.3) is 5.65 Å². The number of fused-ring (bicyclic) bond motifs is 1. The van der Waals surface area contributed by atoms with E-state index in [2.05, 4.69) is 10.1 Å². The lowest BCUT2D eigenvalue weighted by molar-refractivity contribution is -0.131. The Bertz CT molecular complexity index is 832. The lowest BCUT2D eigenvalue weighted by atomic mass is 10.2. The summed E-state index contributed by atoms with van der Waals surface area (Å²) in [7, 11) is 0. The van der Waals surface area contributed by atoms with Crippen LogP contribution in [0.15, 0.2) is 43.0 Å². The van der Waals surface area contributed by atoms with Gasteiger partial charge in [-0.25, -0.2) is 4.98 Å². The molecule has 1 atom stereocenters. The van der Waals surface area contributed by atoms with E-state index in [4.69, 9.17) is 0 Å². The molecule has 0 N–H and O–H groups in total. The molecule has 0 bridgehead atoms. The second kappa shape index (κ2) is 6.11. The van der Waals surface area contributed by atoms with Gasteiger partial charge >= 0.3 is 0 Å². The van der Waals surface area contributed by atoms with Crippen LogP contribution < -0.4 is 0 Å². The van der Waals surface area contributed by atoms with Crippen molar-refractivity contribution in [2.75, 3.05) is 6.54 Å². The third-order valence-corrected chi connectivity index (χ3v) is 4.60. The molecule has 6 nitrogen and oxygen atoms in total. The van der Waals surface area contributed by atoms with Crippen molar-refractivity contribution in [2.45, 2.75) is 38.8 Å². The van der Waals surface area contributed by atoms with E-state index < -0.39 is 0 Å². The third-order valence-electron chi connectivity index (χ3n) is 4.60. The van der Waals surface area contributed by atoms with E-state index in [9.17, 15) is 4.79 Å². The van der Waals surface area contributed by atoms with Crippen LogP contribution in [0.3, 0.4) is 0 Å². The van der Waals surface area contributed by atoms with E-state index in [-0.39, 0.29) is 11.9 Å². The standard InChI is InChI=1S/C18H21N5O/c1-14-10-19-22(11-14)13-16-5-4-8-23(16)18(24)9-15-12-21-7-3-2-6-17(21)20-15/h2-3,6-7,10-12,16H,4-5,8-9,13H2,1H3/t16-/m0/s1. The van der Waals surface area contributed by atoms with Gasteiger partial charge in [0, 0.05) is 25.1 Å². The topological polar surface area (TPSA) is 55.4 Å². The molecule has 1 aliphatic heterocycles. The summed E-state index contributed by atoms with van der Waals surface area (Å²) in [6.07, 6.45) is 10.2.